The zero-order valence-corrected chi connectivity index (χ0v) is 15.4. The van der Waals surface area contributed by atoms with E-state index in [1.807, 2.05) is 22.6 Å². The van der Waals surface area contributed by atoms with Crippen LogP contribution >= 0.6 is 34.4 Å². The number of rotatable bonds is 5. The Labute approximate surface area is 151 Å². The van der Waals surface area contributed by atoms with Crippen LogP contribution in [0.25, 0.3) is 11.2 Å². The molecule has 0 unspecified atom stereocenters. The maximum atomic E-state index is 10.3. The monoisotopic (exact) mass is 451 g/mol. The van der Waals surface area contributed by atoms with Crippen molar-refractivity contribution in [2.75, 3.05) is 17.2 Å². The quantitative estimate of drug-likeness (QED) is 0.347. The Bertz CT molecular complexity index is 700. The third-order valence-corrected chi connectivity index (χ3v) is 5.41. The van der Waals surface area contributed by atoms with Gasteiger partial charge in [0.05, 0.1) is 12.4 Å². The van der Waals surface area contributed by atoms with Crippen LogP contribution < -0.4 is 5.73 Å². The van der Waals surface area contributed by atoms with Crippen LogP contribution in [0, 0.1) is 3.83 Å². The Morgan fingerprint density at radius 1 is 1.39 bits per heavy atom. The maximum Gasteiger partial charge on any atom is 0.194 e. The van der Waals surface area contributed by atoms with Gasteiger partial charge in [-0.25, -0.2) is 15.0 Å². The minimum absolute atomic E-state index is 0.279. The highest BCUT2D eigenvalue weighted by molar-refractivity contribution is 14.1. The number of anilines is 1. The average molecular weight is 451 g/mol. The third kappa shape index (κ3) is 3.27. The summed E-state index contributed by atoms with van der Waals surface area (Å²) < 4.78 is 7.95. The lowest BCUT2D eigenvalue weighted by Gasteiger charge is -2.16. The van der Waals surface area contributed by atoms with Gasteiger partial charge in [0.25, 0.3) is 0 Å². The van der Waals surface area contributed by atoms with Gasteiger partial charge >= 0.3 is 0 Å². The Balaban J connectivity index is 1.87. The van der Waals surface area contributed by atoms with Crippen molar-refractivity contribution in [3.63, 3.8) is 0 Å². The number of hydrogen-bond donors (Lipinski definition) is 3. The lowest BCUT2D eigenvalue weighted by molar-refractivity contribution is -0.0289. The van der Waals surface area contributed by atoms with Gasteiger partial charge in [0.15, 0.2) is 21.5 Å². The van der Waals surface area contributed by atoms with Crippen LogP contribution in [0.1, 0.15) is 19.6 Å². The molecular weight excluding hydrogens is 433 g/mol. The first kappa shape index (κ1) is 17.1. The van der Waals surface area contributed by atoms with Crippen LogP contribution in [0.15, 0.2) is 6.33 Å². The van der Waals surface area contributed by atoms with Crippen LogP contribution in [0.2, 0.25) is 0 Å². The van der Waals surface area contributed by atoms with Gasteiger partial charge in [0.1, 0.15) is 17.7 Å². The second-order valence-electron chi connectivity index (χ2n) is 5.32. The Morgan fingerprint density at radius 2 is 2.17 bits per heavy atom. The van der Waals surface area contributed by atoms with Gasteiger partial charge < -0.3 is 20.7 Å². The van der Waals surface area contributed by atoms with E-state index in [-0.39, 0.29) is 5.82 Å². The van der Waals surface area contributed by atoms with E-state index in [4.69, 9.17) is 10.5 Å². The smallest absolute Gasteiger partial charge is 0.194 e. The molecule has 3 heterocycles. The number of ether oxygens (including phenoxy) is 1. The van der Waals surface area contributed by atoms with Crippen LogP contribution in [-0.4, -0.2) is 59.5 Å². The van der Waals surface area contributed by atoms with Gasteiger partial charge in [-0.1, -0.05) is 6.92 Å². The van der Waals surface area contributed by atoms with Gasteiger partial charge in [0.2, 0.25) is 0 Å². The molecule has 3 rings (SSSR count). The summed E-state index contributed by atoms with van der Waals surface area (Å²) in [4.78, 5) is 12.6. The van der Waals surface area contributed by atoms with Crippen molar-refractivity contribution < 1.29 is 14.9 Å². The molecule has 4 atom stereocenters. The number of halogens is 1. The second kappa shape index (κ2) is 7.05. The Hall–Kier alpha value is -0.690. The largest absolute Gasteiger partial charge is 0.387 e. The molecular formula is C13H18IN5O3S. The summed E-state index contributed by atoms with van der Waals surface area (Å²) >= 11 is 3.66. The van der Waals surface area contributed by atoms with Crippen LogP contribution in [0.5, 0.6) is 0 Å². The number of hydrogen-bond acceptors (Lipinski definition) is 8. The molecule has 0 amide bonds. The number of thioether (sulfide) groups is 1. The predicted molar refractivity (Wildman–Crippen MR) is 96.0 cm³/mol. The van der Waals surface area contributed by atoms with E-state index in [9.17, 15) is 10.2 Å². The molecule has 0 aliphatic carbocycles. The van der Waals surface area contributed by atoms with Crippen molar-refractivity contribution in [1.29, 1.82) is 0 Å². The summed E-state index contributed by atoms with van der Waals surface area (Å²) in [7, 11) is 0. The van der Waals surface area contributed by atoms with Crippen molar-refractivity contribution in [3.8, 4) is 0 Å². The van der Waals surface area contributed by atoms with E-state index in [0.29, 0.717) is 20.7 Å². The molecule has 0 aromatic carbocycles. The number of nitrogen functional groups attached to an aromatic ring is 1. The topological polar surface area (TPSA) is 119 Å². The number of nitrogens with two attached hydrogens (primary N) is 1. The molecule has 0 bridgehead atoms. The summed E-state index contributed by atoms with van der Waals surface area (Å²) in [5.74, 6) is 1.90. The SMILES string of the molecule is CCCSC[C@H]1O[C@@H](n2cnc3c(N)nc(I)nc32)[C@H](O)[C@@H]1O. The summed E-state index contributed by atoms with van der Waals surface area (Å²) in [6.45, 7) is 2.10. The maximum absolute atomic E-state index is 10.3. The van der Waals surface area contributed by atoms with Crippen molar-refractivity contribution in [1.82, 2.24) is 19.5 Å². The van der Waals surface area contributed by atoms with Crippen LogP contribution in [0.3, 0.4) is 0 Å². The first-order valence-corrected chi connectivity index (χ1v) is 9.51. The van der Waals surface area contributed by atoms with Crippen LogP contribution in [0.4, 0.5) is 5.82 Å². The molecule has 2 aromatic rings. The Morgan fingerprint density at radius 3 is 2.91 bits per heavy atom. The molecule has 1 aliphatic heterocycles. The third-order valence-electron chi connectivity index (χ3n) is 3.66. The molecule has 0 spiro atoms. The molecule has 0 saturated carbocycles. The van der Waals surface area contributed by atoms with E-state index in [0.717, 1.165) is 12.2 Å². The fourth-order valence-electron chi connectivity index (χ4n) is 2.54. The van der Waals surface area contributed by atoms with Crippen molar-refractivity contribution in [3.05, 3.63) is 10.2 Å². The fraction of sp³-hybridized carbons (Fsp3) is 0.615. The normalized spacial score (nSPS) is 27.8. The lowest BCUT2D eigenvalue weighted by atomic mass is 10.1. The Kier molecular flexibility index (Phi) is 5.26. The number of fused-ring (bicyclic) bond motifs is 1. The number of aromatic nitrogens is 4. The highest BCUT2D eigenvalue weighted by atomic mass is 127. The predicted octanol–water partition coefficient (Wildman–Crippen LogP) is 0.775. The molecule has 126 valence electrons. The van der Waals surface area contributed by atoms with Gasteiger partial charge in [-0.15, -0.1) is 0 Å². The summed E-state index contributed by atoms with van der Waals surface area (Å²) in [5.41, 5.74) is 6.80. The highest BCUT2D eigenvalue weighted by Gasteiger charge is 2.44. The first-order chi connectivity index (χ1) is 11.0. The molecule has 0 radical (unpaired) electrons. The molecule has 8 nitrogen and oxygen atoms in total. The fourth-order valence-corrected chi connectivity index (χ4v) is 3.99. The van der Waals surface area contributed by atoms with Gasteiger partial charge in [-0.2, -0.15) is 11.8 Å². The molecule has 1 fully saturated rings. The number of nitrogens with zero attached hydrogens (tertiary/aromatic N) is 4. The zero-order chi connectivity index (χ0) is 16.6. The summed E-state index contributed by atoms with van der Waals surface area (Å²) in [6.07, 6.45) is -0.600. The summed E-state index contributed by atoms with van der Waals surface area (Å²) in [6, 6.07) is 0. The number of aliphatic hydroxyl groups is 2. The minimum Gasteiger partial charge on any atom is -0.387 e. The molecule has 23 heavy (non-hydrogen) atoms. The van der Waals surface area contributed by atoms with Gasteiger partial charge in [-0.3, -0.25) is 4.57 Å². The number of aliphatic hydroxyl groups excluding tert-OH is 2. The molecule has 4 N–H and O–H groups in total. The van der Waals surface area contributed by atoms with E-state index in [1.54, 1.807) is 16.3 Å². The summed E-state index contributed by atoms with van der Waals surface area (Å²) in [5, 5.41) is 20.6. The lowest BCUT2D eigenvalue weighted by Crippen LogP contribution is -2.32. The zero-order valence-electron chi connectivity index (χ0n) is 12.5. The van der Waals surface area contributed by atoms with E-state index in [2.05, 4.69) is 21.9 Å². The van der Waals surface area contributed by atoms with E-state index < -0.39 is 24.5 Å². The van der Waals surface area contributed by atoms with E-state index >= 15 is 0 Å². The molecule has 1 saturated heterocycles. The second-order valence-corrected chi connectivity index (χ2v) is 7.44. The minimum atomic E-state index is -1.05. The van der Waals surface area contributed by atoms with Crippen LogP contribution in [-0.2, 0) is 4.74 Å². The molecule has 2 aromatic heterocycles. The van der Waals surface area contributed by atoms with Crippen molar-refractivity contribution >= 4 is 51.3 Å². The molecule has 1 aliphatic rings. The highest BCUT2D eigenvalue weighted by Crippen LogP contribution is 2.33. The average Bonchev–Trinajstić information content (AvgIpc) is 3.04. The van der Waals surface area contributed by atoms with E-state index in [1.165, 1.54) is 6.33 Å². The standard InChI is InChI=1S/C13H18IN5O3S/c1-2-3-23-4-6-8(20)9(21)12(22-6)19-5-16-7-10(15)17-13(14)18-11(7)19/h5-6,8-9,12,20-21H,2-4H2,1H3,(H2,15,17,18)/t6-,8-,9-,12-/m1/s1. The van der Waals surface area contributed by atoms with Gasteiger partial charge in [-0.05, 0) is 12.2 Å². The van der Waals surface area contributed by atoms with Crippen molar-refractivity contribution in [2.24, 2.45) is 0 Å². The number of imidazole rings is 1. The van der Waals surface area contributed by atoms with Gasteiger partial charge in [0, 0.05) is 28.3 Å². The van der Waals surface area contributed by atoms with Crippen molar-refractivity contribution in [2.45, 2.75) is 37.9 Å². The molecule has 10 heteroatoms. The first-order valence-electron chi connectivity index (χ1n) is 7.27.